The summed E-state index contributed by atoms with van der Waals surface area (Å²) in [6, 6.07) is 18.7. The fraction of sp³-hybridized carbons (Fsp3) is 0.0500. The zero-order valence-electron chi connectivity index (χ0n) is 15.4. The molecule has 2 N–H and O–H groups in total. The molecule has 8 nitrogen and oxygen atoms in total. The molecular weight excluding hydrogens is 390 g/mol. The maximum atomic E-state index is 12.3. The molecule has 0 aliphatic rings. The molecule has 2 aromatic heterocycles. The summed E-state index contributed by atoms with van der Waals surface area (Å²) < 4.78 is 1.63. The molecule has 0 bridgehead atoms. The second-order valence-electron chi connectivity index (χ2n) is 6.12. The van der Waals surface area contributed by atoms with Gasteiger partial charge in [-0.15, -0.1) is 10.2 Å². The average molecular weight is 406 g/mol. The maximum Gasteiger partial charge on any atom is 0.279 e. The van der Waals surface area contributed by atoms with Crippen LogP contribution in [0.1, 0.15) is 11.3 Å². The number of aromatic amines is 1. The Kier molecular flexibility index (Phi) is 5.17. The van der Waals surface area contributed by atoms with Gasteiger partial charge >= 0.3 is 0 Å². The lowest BCUT2D eigenvalue weighted by atomic mass is 10.2. The van der Waals surface area contributed by atoms with Gasteiger partial charge in [0.05, 0.1) is 23.2 Å². The van der Waals surface area contributed by atoms with Crippen molar-refractivity contribution in [3.05, 3.63) is 87.4 Å². The normalized spacial score (nSPS) is 11.1. The lowest BCUT2D eigenvalue weighted by Gasteiger charge is -2.02. The maximum absolute atomic E-state index is 12.3. The van der Waals surface area contributed by atoms with Crippen molar-refractivity contribution in [2.24, 2.45) is 5.10 Å². The minimum atomic E-state index is -0.366. The third kappa shape index (κ3) is 3.92. The summed E-state index contributed by atoms with van der Waals surface area (Å²) in [6.45, 7) is 1.84. The van der Waals surface area contributed by atoms with Gasteiger partial charge < -0.3 is 0 Å². The van der Waals surface area contributed by atoms with Crippen LogP contribution in [0.5, 0.6) is 0 Å². The first-order chi connectivity index (χ1) is 14.1. The van der Waals surface area contributed by atoms with Crippen molar-refractivity contribution in [1.82, 2.24) is 25.0 Å². The first kappa shape index (κ1) is 18.6. The predicted molar refractivity (Wildman–Crippen MR) is 113 cm³/mol. The van der Waals surface area contributed by atoms with E-state index in [2.05, 4.69) is 30.8 Å². The molecule has 9 heteroatoms. The summed E-state index contributed by atoms with van der Waals surface area (Å²) in [5, 5.41) is 16.9. The number of hydrogen-bond donors (Lipinski definition) is 2. The highest BCUT2D eigenvalue weighted by atomic mass is 35.5. The van der Waals surface area contributed by atoms with Crippen molar-refractivity contribution in [3.63, 3.8) is 0 Å². The van der Waals surface area contributed by atoms with E-state index in [1.54, 1.807) is 16.8 Å². The van der Waals surface area contributed by atoms with E-state index in [0.29, 0.717) is 22.0 Å². The number of anilines is 1. The zero-order valence-corrected chi connectivity index (χ0v) is 16.1. The summed E-state index contributed by atoms with van der Waals surface area (Å²) in [5.74, 6) is 0.121. The van der Waals surface area contributed by atoms with E-state index in [4.69, 9.17) is 11.6 Å². The van der Waals surface area contributed by atoms with Crippen LogP contribution in [-0.2, 0) is 0 Å². The van der Waals surface area contributed by atoms with Crippen LogP contribution in [0.4, 0.5) is 5.95 Å². The Morgan fingerprint density at radius 1 is 1.07 bits per heavy atom. The van der Waals surface area contributed by atoms with Gasteiger partial charge in [0.25, 0.3) is 5.56 Å². The molecular formula is C20H16ClN7O. The average Bonchev–Trinajstić information content (AvgIpc) is 3.03. The lowest BCUT2D eigenvalue weighted by Crippen LogP contribution is -2.15. The number of para-hydroxylation sites is 1. The fourth-order valence-electron chi connectivity index (χ4n) is 2.73. The SMILES string of the molecule is Cc1nn(-c2ccccc2)c(Cl)c1/C=N\Nc1nnc(-c2ccccc2)c(=O)[nH]1. The minimum Gasteiger partial charge on any atom is -0.288 e. The Morgan fingerprint density at radius 3 is 2.45 bits per heavy atom. The number of hydrogen-bond acceptors (Lipinski definition) is 6. The van der Waals surface area contributed by atoms with E-state index in [9.17, 15) is 4.79 Å². The van der Waals surface area contributed by atoms with Gasteiger partial charge in [-0.2, -0.15) is 10.2 Å². The Bertz CT molecular complexity index is 1220. The Labute approximate surface area is 170 Å². The molecule has 4 rings (SSSR count). The highest BCUT2D eigenvalue weighted by Gasteiger charge is 2.13. The molecule has 0 radical (unpaired) electrons. The molecule has 0 amide bonds. The molecule has 0 atom stereocenters. The van der Waals surface area contributed by atoms with E-state index in [-0.39, 0.29) is 17.2 Å². The third-order valence-corrected chi connectivity index (χ3v) is 4.52. The van der Waals surface area contributed by atoms with Crippen LogP contribution in [0.15, 0.2) is 70.6 Å². The number of benzene rings is 2. The second-order valence-corrected chi connectivity index (χ2v) is 6.48. The number of hydrazone groups is 1. The molecule has 144 valence electrons. The third-order valence-electron chi connectivity index (χ3n) is 4.16. The topological polar surface area (TPSA) is 101 Å². The summed E-state index contributed by atoms with van der Waals surface area (Å²) in [5.41, 5.74) is 5.43. The van der Waals surface area contributed by atoms with Gasteiger partial charge in [0.15, 0.2) is 5.69 Å². The summed E-state index contributed by atoms with van der Waals surface area (Å²) >= 11 is 6.46. The Balaban J connectivity index is 1.53. The standard InChI is InChI=1S/C20H16ClN7O/c1-13-16(18(21)28(27-13)15-10-6-3-7-11-15)12-22-25-20-23-19(29)17(24-26-20)14-8-4-2-5-9-14/h2-12H,1H3,(H2,23,25,26,29)/b22-12-. The van der Waals surface area contributed by atoms with Crippen molar-refractivity contribution in [1.29, 1.82) is 0 Å². The molecule has 2 aromatic carbocycles. The number of nitrogens with zero attached hydrogens (tertiary/aromatic N) is 5. The molecule has 0 spiro atoms. The number of rotatable bonds is 5. The quantitative estimate of drug-likeness (QED) is 0.391. The second kappa shape index (κ2) is 8.07. The van der Waals surface area contributed by atoms with Gasteiger partial charge in [-0.1, -0.05) is 60.1 Å². The molecule has 0 saturated heterocycles. The number of H-pyrrole nitrogens is 1. The summed E-state index contributed by atoms with van der Waals surface area (Å²) in [4.78, 5) is 14.9. The van der Waals surface area contributed by atoms with E-state index in [1.165, 1.54) is 6.21 Å². The molecule has 0 unspecified atom stereocenters. The van der Waals surface area contributed by atoms with Crippen molar-refractivity contribution in [3.8, 4) is 16.9 Å². The van der Waals surface area contributed by atoms with E-state index in [1.807, 2.05) is 55.5 Å². The molecule has 0 saturated carbocycles. The van der Waals surface area contributed by atoms with Crippen LogP contribution in [0.2, 0.25) is 5.15 Å². The van der Waals surface area contributed by atoms with Crippen molar-refractivity contribution >= 4 is 23.8 Å². The minimum absolute atomic E-state index is 0.121. The first-order valence-corrected chi connectivity index (χ1v) is 9.13. The molecule has 0 aliphatic carbocycles. The zero-order chi connectivity index (χ0) is 20.2. The molecule has 2 heterocycles. The van der Waals surface area contributed by atoms with Gasteiger partial charge in [0, 0.05) is 5.56 Å². The van der Waals surface area contributed by atoms with Crippen LogP contribution in [0.3, 0.4) is 0 Å². The monoisotopic (exact) mass is 405 g/mol. The van der Waals surface area contributed by atoms with Gasteiger partial charge in [0.2, 0.25) is 5.95 Å². The van der Waals surface area contributed by atoms with Crippen LogP contribution < -0.4 is 11.0 Å². The van der Waals surface area contributed by atoms with Gasteiger partial charge in [-0.05, 0) is 19.1 Å². The van der Waals surface area contributed by atoms with Crippen molar-refractivity contribution in [2.75, 3.05) is 5.43 Å². The van der Waals surface area contributed by atoms with Crippen LogP contribution in [-0.4, -0.2) is 31.2 Å². The van der Waals surface area contributed by atoms with E-state index >= 15 is 0 Å². The molecule has 0 fully saturated rings. The number of aryl methyl sites for hydroxylation is 1. The number of aromatic nitrogens is 5. The van der Waals surface area contributed by atoms with Crippen molar-refractivity contribution < 1.29 is 0 Å². The highest BCUT2D eigenvalue weighted by molar-refractivity contribution is 6.32. The highest BCUT2D eigenvalue weighted by Crippen LogP contribution is 2.22. The Hall–Kier alpha value is -3.78. The smallest absolute Gasteiger partial charge is 0.279 e. The van der Waals surface area contributed by atoms with E-state index in [0.717, 1.165) is 5.69 Å². The van der Waals surface area contributed by atoms with Gasteiger partial charge in [-0.25, -0.2) is 10.1 Å². The van der Waals surface area contributed by atoms with E-state index < -0.39 is 0 Å². The summed E-state index contributed by atoms with van der Waals surface area (Å²) in [6.07, 6.45) is 1.52. The van der Waals surface area contributed by atoms with Crippen LogP contribution >= 0.6 is 11.6 Å². The first-order valence-electron chi connectivity index (χ1n) is 8.75. The lowest BCUT2D eigenvalue weighted by molar-refractivity contribution is 0.863. The molecule has 4 aromatic rings. The summed E-state index contributed by atoms with van der Waals surface area (Å²) in [7, 11) is 0. The van der Waals surface area contributed by atoms with Gasteiger partial charge in [-0.3, -0.25) is 9.78 Å². The largest absolute Gasteiger partial charge is 0.288 e. The fourth-order valence-corrected chi connectivity index (χ4v) is 3.05. The predicted octanol–water partition coefficient (Wildman–Crippen LogP) is 3.43. The number of halogens is 1. The van der Waals surface area contributed by atoms with Gasteiger partial charge in [0.1, 0.15) is 5.15 Å². The molecule has 29 heavy (non-hydrogen) atoms. The number of nitrogens with one attached hydrogen (secondary N) is 2. The van der Waals surface area contributed by atoms with Crippen LogP contribution in [0.25, 0.3) is 16.9 Å². The van der Waals surface area contributed by atoms with Crippen LogP contribution in [0, 0.1) is 6.92 Å². The molecule has 0 aliphatic heterocycles. The van der Waals surface area contributed by atoms with Crippen molar-refractivity contribution in [2.45, 2.75) is 6.92 Å². The Morgan fingerprint density at radius 2 is 1.76 bits per heavy atom.